The molecule has 1 aromatic heterocycles. The molecule has 15 heavy (non-hydrogen) atoms. The Morgan fingerprint density at radius 1 is 1.47 bits per heavy atom. The Balaban J connectivity index is 2.45. The largest absolute Gasteiger partial charge is 0.493 e. The lowest BCUT2D eigenvalue weighted by atomic mass is 10.2. The third kappa shape index (κ3) is 1.97. The van der Waals surface area contributed by atoms with E-state index in [-0.39, 0.29) is 0 Å². The lowest BCUT2D eigenvalue weighted by Crippen LogP contribution is -2.02. The van der Waals surface area contributed by atoms with Gasteiger partial charge in [-0.15, -0.1) is 0 Å². The fourth-order valence-corrected chi connectivity index (χ4v) is 1.64. The fourth-order valence-electron chi connectivity index (χ4n) is 1.64. The van der Waals surface area contributed by atoms with E-state index in [0.29, 0.717) is 6.42 Å². The number of aliphatic hydroxyl groups is 1. The minimum atomic E-state index is -0.392. The Morgan fingerprint density at radius 3 is 2.93 bits per heavy atom. The molecule has 0 aliphatic heterocycles. The highest BCUT2D eigenvalue weighted by Gasteiger charge is 2.09. The van der Waals surface area contributed by atoms with Crippen LogP contribution >= 0.6 is 0 Å². The van der Waals surface area contributed by atoms with Crippen LogP contribution in [-0.4, -0.2) is 18.3 Å². The summed E-state index contributed by atoms with van der Waals surface area (Å²) in [5.74, 6) is 1.51. The molecule has 80 valence electrons. The maximum Gasteiger partial charge on any atom is 0.176 e. The molecule has 0 amide bonds. The van der Waals surface area contributed by atoms with Gasteiger partial charge in [0.25, 0.3) is 0 Å². The number of fused-ring (bicyclic) bond motifs is 1. The van der Waals surface area contributed by atoms with E-state index in [4.69, 9.17) is 9.15 Å². The van der Waals surface area contributed by atoms with Crippen LogP contribution in [0.2, 0.25) is 0 Å². The zero-order valence-corrected chi connectivity index (χ0v) is 8.86. The summed E-state index contributed by atoms with van der Waals surface area (Å²) >= 11 is 0. The highest BCUT2D eigenvalue weighted by molar-refractivity contribution is 5.83. The predicted octanol–water partition coefficient (Wildman–Crippen LogP) is 2.36. The summed E-state index contributed by atoms with van der Waals surface area (Å²) in [4.78, 5) is 0. The minimum Gasteiger partial charge on any atom is -0.493 e. The van der Waals surface area contributed by atoms with Gasteiger partial charge in [-0.05, 0) is 19.1 Å². The number of ether oxygens (including phenoxy) is 1. The maximum absolute atomic E-state index is 9.27. The monoisotopic (exact) mass is 206 g/mol. The van der Waals surface area contributed by atoms with Gasteiger partial charge in [0, 0.05) is 11.8 Å². The topological polar surface area (TPSA) is 42.6 Å². The number of methoxy groups -OCH3 is 1. The molecule has 1 unspecified atom stereocenters. The van der Waals surface area contributed by atoms with Crippen molar-refractivity contribution < 1.29 is 14.3 Å². The van der Waals surface area contributed by atoms with E-state index in [1.807, 2.05) is 24.3 Å². The van der Waals surface area contributed by atoms with Crippen LogP contribution in [0.1, 0.15) is 12.7 Å². The molecule has 3 nitrogen and oxygen atoms in total. The predicted molar refractivity (Wildman–Crippen MR) is 58.2 cm³/mol. The molecule has 1 aromatic carbocycles. The van der Waals surface area contributed by atoms with E-state index in [0.717, 1.165) is 22.5 Å². The molecule has 3 heteroatoms. The van der Waals surface area contributed by atoms with Gasteiger partial charge in [0.1, 0.15) is 5.76 Å². The normalized spacial score (nSPS) is 13.0. The van der Waals surface area contributed by atoms with Crippen molar-refractivity contribution in [3.8, 4) is 5.75 Å². The molecular formula is C12H14O3. The molecule has 2 aromatic rings. The number of rotatable bonds is 3. The molecule has 0 bridgehead atoms. The van der Waals surface area contributed by atoms with Crippen molar-refractivity contribution >= 4 is 11.0 Å². The van der Waals surface area contributed by atoms with Crippen LogP contribution in [0.4, 0.5) is 0 Å². The van der Waals surface area contributed by atoms with Gasteiger partial charge in [-0.3, -0.25) is 0 Å². The zero-order chi connectivity index (χ0) is 10.8. The molecule has 0 radical (unpaired) electrons. The van der Waals surface area contributed by atoms with E-state index in [1.165, 1.54) is 0 Å². The van der Waals surface area contributed by atoms with Gasteiger partial charge < -0.3 is 14.3 Å². The SMILES string of the molecule is COc1cccc2cc(CC(C)O)oc12. The molecule has 1 atom stereocenters. The van der Waals surface area contributed by atoms with Crippen LogP contribution in [0.5, 0.6) is 5.75 Å². The van der Waals surface area contributed by atoms with Gasteiger partial charge in [0.05, 0.1) is 13.2 Å². The Hall–Kier alpha value is -1.48. The first-order valence-corrected chi connectivity index (χ1v) is 4.94. The summed E-state index contributed by atoms with van der Waals surface area (Å²) < 4.78 is 10.8. The van der Waals surface area contributed by atoms with Crippen molar-refractivity contribution in [1.82, 2.24) is 0 Å². The molecular weight excluding hydrogens is 192 g/mol. The maximum atomic E-state index is 9.27. The van der Waals surface area contributed by atoms with Crippen LogP contribution in [0.3, 0.4) is 0 Å². The van der Waals surface area contributed by atoms with E-state index in [1.54, 1.807) is 14.0 Å². The minimum absolute atomic E-state index is 0.392. The van der Waals surface area contributed by atoms with Gasteiger partial charge in [0.2, 0.25) is 0 Å². The highest BCUT2D eigenvalue weighted by Crippen LogP contribution is 2.28. The molecule has 0 spiro atoms. The Kier molecular flexibility index (Phi) is 2.64. The van der Waals surface area contributed by atoms with E-state index < -0.39 is 6.10 Å². The third-order valence-electron chi connectivity index (χ3n) is 2.28. The summed E-state index contributed by atoms with van der Waals surface area (Å²) in [5, 5.41) is 10.3. The second-order valence-corrected chi connectivity index (χ2v) is 3.64. The lowest BCUT2D eigenvalue weighted by molar-refractivity contribution is 0.188. The fraction of sp³-hybridized carbons (Fsp3) is 0.333. The van der Waals surface area contributed by atoms with Gasteiger partial charge in [-0.25, -0.2) is 0 Å². The van der Waals surface area contributed by atoms with Crippen molar-refractivity contribution in [2.24, 2.45) is 0 Å². The van der Waals surface area contributed by atoms with Gasteiger partial charge in [-0.2, -0.15) is 0 Å². The number of hydrogen-bond donors (Lipinski definition) is 1. The number of benzene rings is 1. The molecule has 2 rings (SSSR count). The first-order valence-electron chi connectivity index (χ1n) is 4.94. The van der Waals surface area contributed by atoms with Crippen LogP contribution < -0.4 is 4.74 Å². The first-order chi connectivity index (χ1) is 7.20. The summed E-state index contributed by atoms with van der Waals surface area (Å²) in [6, 6.07) is 7.68. The first kappa shape index (κ1) is 10.1. The summed E-state index contributed by atoms with van der Waals surface area (Å²) in [5.41, 5.74) is 0.746. The van der Waals surface area contributed by atoms with Crippen molar-refractivity contribution in [1.29, 1.82) is 0 Å². The molecule has 1 heterocycles. The van der Waals surface area contributed by atoms with Crippen molar-refractivity contribution in [3.63, 3.8) is 0 Å². The van der Waals surface area contributed by atoms with E-state index >= 15 is 0 Å². The van der Waals surface area contributed by atoms with Gasteiger partial charge >= 0.3 is 0 Å². The third-order valence-corrected chi connectivity index (χ3v) is 2.28. The average molecular weight is 206 g/mol. The molecule has 1 N–H and O–H groups in total. The van der Waals surface area contributed by atoms with E-state index in [2.05, 4.69) is 0 Å². The average Bonchev–Trinajstić information content (AvgIpc) is 2.58. The zero-order valence-electron chi connectivity index (χ0n) is 8.86. The Labute approximate surface area is 88.3 Å². The second-order valence-electron chi connectivity index (χ2n) is 3.64. The molecule has 0 aliphatic rings. The summed E-state index contributed by atoms with van der Waals surface area (Å²) in [6.45, 7) is 1.74. The number of para-hydroxylation sites is 1. The van der Waals surface area contributed by atoms with Gasteiger partial charge in [0.15, 0.2) is 11.3 Å². The number of aliphatic hydroxyl groups excluding tert-OH is 1. The smallest absolute Gasteiger partial charge is 0.176 e. The summed E-state index contributed by atoms with van der Waals surface area (Å²) in [7, 11) is 1.62. The lowest BCUT2D eigenvalue weighted by Gasteiger charge is -2.00. The standard InChI is InChI=1S/C12H14O3/c1-8(13)6-10-7-9-4-3-5-11(14-2)12(9)15-10/h3-5,7-8,13H,6H2,1-2H3. The number of furan rings is 1. The van der Waals surface area contributed by atoms with Crippen LogP contribution in [-0.2, 0) is 6.42 Å². The van der Waals surface area contributed by atoms with E-state index in [9.17, 15) is 5.11 Å². The number of hydrogen-bond acceptors (Lipinski definition) is 3. The molecule has 0 fully saturated rings. The van der Waals surface area contributed by atoms with Crippen LogP contribution in [0.25, 0.3) is 11.0 Å². The Morgan fingerprint density at radius 2 is 2.27 bits per heavy atom. The quantitative estimate of drug-likeness (QED) is 0.838. The molecule has 0 saturated carbocycles. The van der Waals surface area contributed by atoms with Gasteiger partial charge in [-0.1, -0.05) is 12.1 Å². The second kappa shape index (κ2) is 3.95. The Bertz CT molecular complexity index is 457. The van der Waals surface area contributed by atoms with Crippen LogP contribution in [0, 0.1) is 0 Å². The molecule has 0 saturated heterocycles. The summed E-state index contributed by atoms with van der Waals surface area (Å²) in [6.07, 6.45) is 0.134. The van der Waals surface area contributed by atoms with Crippen molar-refractivity contribution in [2.75, 3.05) is 7.11 Å². The van der Waals surface area contributed by atoms with Crippen molar-refractivity contribution in [2.45, 2.75) is 19.4 Å². The highest BCUT2D eigenvalue weighted by atomic mass is 16.5. The van der Waals surface area contributed by atoms with Crippen LogP contribution in [0.15, 0.2) is 28.7 Å². The molecule has 0 aliphatic carbocycles. The van der Waals surface area contributed by atoms with Crippen molar-refractivity contribution in [3.05, 3.63) is 30.0 Å².